The standard InChI is InChI=1S/C16H23NO3/c1-11-4-5-15(20-3)13(6-11)9-16(19)17(2)10-12-7-14(18)8-12/h4-6,12,14,18H,7-10H2,1-3H3. The Balaban J connectivity index is 1.94. The van der Waals surface area contributed by atoms with Crippen LogP contribution in [-0.2, 0) is 11.2 Å². The third-order valence-electron chi connectivity index (χ3n) is 3.95. The Hall–Kier alpha value is -1.55. The number of aryl methyl sites for hydroxylation is 1. The van der Waals surface area contributed by atoms with E-state index in [0.29, 0.717) is 12.3 Å². The normalized spacial score (nSPS) is 21.2. The number of carbonyl (C=O) groups is 1. The third kappa shape index (κ3) is 3.51. The summed E-state index contributed by atoms with van der Waals surface area (Å²) in [6, 6.07) is 5.88. The second-order valence-corrected chi connectivity index (χ2v) is 5.76. The van der Waals surface area contributed by atoms with Gasteiger partial charge in [0.2, 0.25) is 5.91 Å². The second kappa shape index (κ2) is 6.27. The van der Waals surface area contributed by atoms with Crippen LogP contribution in [0.1, 0.15) is 24.0 Å². The van der Waals surface area contributed by atoms with Gasteiger partial charge in [0.25, 0.3) is 0 Å². The summed E-state index contributed by atoms with van der Waals surface area (Å²) >= 11 is 0. The highest BCUT2D eigenvalue weighted by molar-refractivity contribution is 5.79. The van der Waals surface area contributed by atoms with Gasteiger partial charge in [-0.15, -0.1) is 0 Å². The van der Waals surface area contributed by atoms with Gasteiger partial charge >= 0.3 is 0 Å². The van der Waals surface area contributed by atoms with E-state index < -0.39 is 0 Å². The summed E-state index contributed by atoms with van der Waals surface area (Å²) in [5, 5.41) is 9.28. The van der Waals surface area contributed by atoms with Crippen LogP contribution in [0.3, 0.4) is 0 Å². The quantitative estimate of drug-likeness (QED) is 0.892. The maximum absolute atomic E-state index is 12.3. The van der Waals surface area contributed by atoms with Crippen LogP contribution in [-0.4, -0.2) is 42.7 Å². The monoisotopic (exact) mass is 277 g/mol. The predicted octanol–water partition coefficient (Wildman–Crippen LogP) is 1.78. The first kappa shape index (κ1) is 14.9. The Kier molecular flexibility index (Phi) is 4.65. The molecule has 4 heteroatoms. The molecule has 1 saturated carbocycles. The van der Waals surface area contributed by atoms with Gasteiger partial charge in [0.05, 0.1) is 19.6 Å². The summed E-state index contributed by atoms with van der Waals surface area (Å²) in [6.07, 6.45) is 1.81. The van der Waals surface area contributed by atoms with Crippen molar-refractivity contribution in [1.29, 1.82) is 0 Å². The van der Waals surface area contributed by atoms with Crippen LogP contribution in [0.15, 0.2) is 18.2 Å². The lowest BCUT2D eigenvalue weighted by atomic mass is 9.82. The van der Waals surface area contributed by atoms with Gasteiger partial charge in [-0.1, -0.05) is 17.7 Å². The van der Waals surface area contributed by atoms with Crippen LogP contribution in [0, 0.1) is 12.8 Å². The number of methoxy groups -OCH3 is 1. The van der Waals surface area contributed by atoms with Crippen LogP contribution in [0.5, 0.6) is 5.75 Å². The number of aliphatic hydroxyl groups is 1. The van der Waals surface area contributed by atoms with E-state index in [1.54, 1.807) is 12.0 Å². The molecule has 1 N–H and O–H groups in total. The van der Waals surface area contributed by atoms with Crippen molar-refractivity contribution in [2.45, 2.75) is 32.3 Å². The SMILES string of the molecule is COc1ccc(C)cc1CC(=O)N(C)CC1CC(O)C1. The Morgan fingerprint density at radius 1 is 1.45 bits per heavy atom. The molecule has 0 bridgehead atoms. The molecule has 0 aliphatic heterocycles. The molecular weight excluding hydrogens is 254 g/mol. The summed E-state index contributed by atoms with van der Waals surface area (Å²) in [5.41, 5.74) is 2.05. The summed E-state index contributed by atoms with van der Waals surface area (Å²) in [4.78, 5) is 14.0. The van der Waals surface area contributed by atoms with Gasteiger partial charge in [0.15, 0.2) is 0 Å². The van der Waals surface area contributed by atoms with E-state index in [2.05, 4.69) is 0 Å². The van der Waals surface area contributed by atoms with E-state index >= 15 is 0 Å². The summed E-state index contributed by atoms with van der Waals surface area (Å²) in [5.74, 6) is 1.30. The molecular formula is C16H23NO3. The molecule has 2 rings (SSSR count). The highest BCUT2D eigenvalue weighted by atomic mass is 16.5. The number of nitrogens with zero attached hydrogens (tertiary/aromatic N) is 1. The van der Waals surface area contributed by atoms with Gasteiger partial charge in [-0.05, 0) is 31.7 Å². The van der Waals surface area contributed by atoms with E-state index in [4.69, 9.17) is 4.74 Å². The van der Waals surface area contributed by atoms with Crippen molar-refractivity contribution in [3.05, 3.63) is 29.3 Å². The van der Waals surface area contributed by atoms with Gasteiger partial charge in [-0.25, -0.2) is 0 Å². The van der Waals surface area contributed by atoms with Gasteiger partial charge in [-0.2, -0.15) is 0 Å². The fourth-order valence-electron chi connectivity index (χ4n) is 2.68. The van der Waals surface area contributed by atoms with E-state index in [1.807, 2.05) is 32.2 Å². The first-order valence-electron chi connectivity index (χ1n) is 7.05. The van der Waals surface area contributed by atoms with Crippen LogP contribution in [0.4, 0.5) is 0 Å². The van der Waals surface area contributed by atoms with E-state index in [9.17, 15) is 9.90 Å². The number of ether oxygens (including phenoxy) is 1. The molecule has 0 radical (unpaired) electrons. The minimum atomic E-state index is -0.166. The molecule has 0 saturated heterocycles. The van der Waals surface area contributed by atoms with Crippen molar-refractivity contribution in [2.24, 2.45) is 5.92 Å². The minimum absolute atomic E-state index is 0.0929. The highest BCUT2D eigenvalue weighted by Gasteiger charge is 2.29. The lowest BCUT2D eigenvalue weighted by Crippen LogP contribution is -2.40. The molecule has 1 fully saturated rings. The molecule has 110 valence electrons. The zero-order valence-corrected chi connectivity index (χ0v) is 12.4. The smallest absolute Gasteiger partial charge is 0.226 e. The number of likely N-dealkylation sites (N-methyl/N-ethyl adjacent to an activating group) is 1. The van der Waals surface area contributed by atoms with Crippen LogP contribution in [0.2, 0.25) is 0 Å². The minimum Gasteiger partial charge on any atom is -0.496 e. The molecule has 0 unspecified atom stereocenters. The molecule has 1 aromatic carbocycles. The molecule has 1 aromatic rings. The summed E-state index contributed by atoms with van der Waals surface area (Å²) < 4.78 is 5.30. The first-order valence-corrected chi connectivity index (χ1v) is 7.05. The molecule has 4 nitrogen and oxygen atoms in total. The Morgan fingerprint density at radius 2 is 2.15 bits per heavy atom. The summed E-state index contributed by atoms with van der Waals surface area (Å²) in [7, 11) is 3.45. The maximum Gasteiger partial charge on any atom is 0.226 e. The van der Waals surface area contributed by atoms with Crippen molar-refractivity contribution in [3.8, 4) is 5.75 Å². The average Bonchev–Trinajstić information content (AvgIpc) is 2.37. The van der Waals surface area contributed by atoms with Gasteiger partial charge < -0.3 is 14.7 Å². The van der Waals surface area contributed by atoms with E-state index in [-0.39, 0.29) is 12.0 Å². The fourth-order valence-corrected chi connectivity index (χ4v) is 2.68. The fraction of sp³-hybridized carbons (Fsp3) is 0.562. The lowest BCUT2D eigenvalue weighted by molar-refractivity contribution is -0.130. The zero-order chi connectivity index (χ0) is 14.7. The van der Waals surface area contributed by atoms with Crippen LogP contribution >= 0.6 is 0 Å². The van der Waals surface area contributed by atoms with Gasteiger partial charge in [0, 0.05) is 19.2 Å². The molecule has 0 atom stereocenters. The van der Waals surface area contributed by atoms with E-state index in [0.717, 1.165) is 36.3 Å². The van der Waals surface area contributed by atoms with Gasteiger partial charge in [0.1, 0.15) is 5.75 Å². The molecule has 0 aromatic heterocycles. The predicted molar refractivity (Wildman–Crippen MR) is 77.8 cm³/mol. The summed E-state index contributed by atoms with van der Waals surface area (Å²) in [6.45, 7) is 2.73. The Bertz CT molecular complexity index is 481. The number of amides is 1. The van der Waals surface area contributed by atoms with Crippen molar-refractivity contribution in [3.63, 3.8) is 0 Å². The number of hydrogen-bond acceptors (Lipinski definition) is 3. The number of benzene rings is 1. The van der Waals surface area contributed by atoms with Crippen molar-refractivity contribution >= 4 is 5.91 Å². The zero-order valence-electron chi connectivity index (χ0n) is 12.4. The molecule has 1 amide bonds. The molecule has 0 spiro atoms. The van der Waals surface area contributed by atoms with Gasteiger partial charge in [-0.3, -0.25) is 4.79 Å². The molecule has 1 aliphatic rings. The van der Waals surface area contributed by atoms with Crippen molar-refractivity contribution in [1.82, 2.24) is 4.90 Å². The van der Waals surface area contributed by atoms with Crippen LogP contribution in [0.25, 0.3) is 0 Å². The highest BCUT2D eigenvalue weighted by Crippen LogP contribution is 2.28. The van der Waals surface area contributed by atoms with E-state index in [1.165, 1.54) is 0 Å². The van der Waals surface area contributed by atoms with Crippen molar-refractivity contribution < 1.29 is 14.6 Å². The second-order valence-electron chi connectivity index (χ2n) is 5.76. The lowest BCUT2D eigenvalue weighted by Gasteiger charge is -2.34. The Labute approximate surface area is 120 Å². The Morgan fingerprint density at radius 3 is 2.75 bits per heavy atom. The topological polar surface area (TPSA) is 49.8 Å². The number of rotatable bonds is 5. The number of aliphatic hydroxyl groups excluding tert-OH is 1. The van der Waals surface area contributed by atoms with Crippen LogP contribution < -0.4 is 4.74 Å². The number of carbonyl (C=O) groups excluding carboxylic acids is 1. The molecule has 20 heavy (non-hydrogen) atoms. The third-order valence-corrected chi connectivity index (χ3v) is 3.95. The molecule has 1 aliphatic carbocycles. The number of hydrogen-bond donors (Lipinski definition) is 1. The average molecular weight is 277 g/mol. The van der Waals surface area contributed by atoms with Crippen molar-refractivity contribution in [2.75, 3.05) is 20.7 Å². The maximum atomic E-state index is 12.3. The largest absolute Gasteiger partial charge is 0.496 e. The molecule has 0 heterocycles. The first-order chi connectivity index (χ1) is 9.49.